The van der Waals surface area contributed by atoms with E-state index in [-0.39, 0.29) is 5.41 Å². The van der Waals surface area contributed by atoms with Gasteiger partial charge >= 0.3 is 5.97 Å². The van der Waals surface area contributed by atoms with Crippen LogP contribution >= 0.6 is 0 Å². The van der Waals surface area contributed by atoms with Crippen LogP contribution in [0.5, 0.6) is 0 Å². The summed E-state index contributed by atoms with van der Waals surface area (Å²) >= 11 is 0. The molecule has 86 valence electrons. The minimum absolute atomic E-state index is 0.114. The minimum Gasteiger partial charge on any atom is -0.300 e. The molecule has 2 rings (SSSR count). The quantitative estimate of drug-likeness (QED) is 0.537. The van der Waals surface area contributed by atoms with Crippen LogP contribution in [-0.4, -0.2) is 11.2 Å². The van der Waals surface area contributed by atoms with Crippen LogP contribution < -0.4 is 0 Å². The first-order valence-electron chi connectivity index (χ1n) is 5.76. The van der Waals surface area contributed by atoms with Crippen molar-refractivity contribution in [3.05, 3.63) is 0 Å². The van der Waals surface area contributed by atoms with Crippen LogP contribution in [0.1, 0.15) is 46.5 Å². The van der Waals surface area contributed by atoms with Gasteiger partial charge in [0.2, 0.25) is 0 Å². The second kappa shape index (κ2) is 3.21. The monoisotopic (exact) mass is 212 g/mol. The number of hydrogen-bond acceptors (Lipinski definition) is 3. The fourth-order valence-corrected chi connectivity index (χ4v) is 3.86. The topological polar surface area (TPSA) is 46.5 Å². The molecule has 2 aliphatic rings. The maximum absolute atomic E-state index is 11.8. The summed E-state index contributed by atoms with van der Waals surface area (Å²) in [7, 11) is 0. The molecule has 0 spiro atoms. The second-order valence-electron chi connectivity index (χ2n) is 6.30. The van der Waals surface area contributed by atoms with Crippen molar-refractivity contribution in [2.75, 3.05) is 0 Å². The highest BCUT2D eigenvalue weighted by molar-refractivity contribution is 5.77. The van der Waals surface area contributed by atoms with Crippen LogP contribution in [0.2, 0.25) is 0 Å². The lowest BCUT2D eigenvalue weighted by Gasteiger charge is -2.40. The van der Waals surface area contributed by atoms with Crippen molar-refractivity contribution in [2.45, 2.75) is 46.5 Å². The Bertz CT molecular complexity index is 279. The third-order valence-corrected chi connectivity index (χ3v) is 4.42. The van der Waals surface area contributed by atoms with E-state index >= 15 is 0 Å². The summed E-state index contributed by atoms with van der Waals surface area (Å²) in [5.41, 5.74) is -0.277. The maximum atomic E-state index is 11.8. The molecule has 0 heterocycles. The van der Waals surface area contributed by atoms with Crippen molar-refractivity contribution in [1.82, 2.24) is 0 Å². The van der Waals surface area contributed by atoms with Crippen molar-refractivity contribution < 1.29 is 14.9 Å². The summed E-state index contributed by atoms with van der Waals surface area (Å²) in [6.07, 6.45) is 4.02. The highest BCUT2D eigenvalue weighted by Crippen LogP contribution is 2.62. The van der Waals surface area contributed by atoms with Gasteiger partial charge in [-0.1, -0.05) is 20.8 Å². The average molecular weight is 212 g/mol. The molecule has 2 bridgehead atoms. The summed E-state index contributed by atoms with van der Waals surface area (Å²) < 4.78 is 0. The largest absolute Gasteiger partial charge is 0.348 e. The summed E-state index contributed by atoms with van der Waals surface area (Å²) in [5, 5.41) is 8.64. The third-order valence-electron chi connectivity index (χ3n) is 4.42. The van der Waals surface area contributed by atoms with Crippen molar-refractivity contribution >= 4 is 5.97 Å². The van der Waals surface area contributed by atoms with Gasteiger partial charge in [-0.25, -0.2) is 4.79 Å². The Morgan fingerprint density at radius 1 is 1.47 bits per heavy atom. The summed E-state index contributed by atoms with van der Waals surface area (Å²) in [4.78, 5) is 15.8. The molecule has 0 aromatic rings. The molecule has 0 saturated heterocycles. The molecular formula is C12H20O3. The number of hydrogen-bond donors (Lipinski definition) is 1. The average Bonchev–Trinajstić information content (AvgIpc) is 2.73. The van der Waals surface area contributed by atoms with Gasteiger partial charge in [0.1, 0.15) is 0 Å². The smallest absolute Gasteiger partial charge is 0.300 e. The van der Waals surface area contributed by atoms with Gasteiger partial charge in [-0.05, 0) is 42.9 Å². The summed E-state index contributed by atoms with van der Waals surface area (Å²) in [6, 6.07) is 0. The molecule has 3 unspecified atom stereocenters. The molecule has 0 amide bonds. The molecule has 15 heavy (non-hydrogen) atoms. The highest BCUT2D eigenvalue weighted by atomic mass is 17.1. The lowest BCUT2D eigenvalue weighted by molar-refractivity contribution is -0.249. The molecule has 3 atom stereocenters. The molecule has 2 aliphatic carbocycles. The van der Waals surface area contributed by atoms with E-state index in [1.54, 1.807) is 0 Å². The number of fused-ring (bicyclic) bond motifs is 2. The van der Waals surface area contributed by atoms with Crippen molar-refractivity contribution in [1.29, 1.82) is 0 Å². The summed E-state index contributed by atoms with van der Waals surface area (Å²) in [6.45, 7) is 6.51. The molecule has 0 radical (unpaired) electrons. The Hall–Kier alpha value is -0.570. The van der Waals surface area contributed by atoms with Crippen molar-refractivity contribution in [2.24, 2.45) is 22.7 Å². The van der Waals surface area contributed by atoms with Gasteiger partial charge in [-0.2, -0.15) is 5.26 Å². The molecule has 1 N–H and O–H groups in total. The zero-order chi connectivity index (χ0) is 11.3. The van der Waals surface area contributed by atoms with Gasteiger partial charge in [-0.3, -0.25) is 0 Å². The predicted molar refractivity (Wildman–Crippen MR) is 56.1 cm³/mol. The Labute approximate surface area is 90.7 Å². The second-order valence-corrected chi connectivity index (χ2v) is 6.30. The van der Waals surface area contributed by atoms with Crippen LogP contribution in [-0.2, 0) is 9.68 Å². The first kappa shape index (κ1) is 10.9. The molecule has 2 saturated carbocycles. The molecule has 3 heteroatoms. The lowest BCUT2D eigenvalue weighted by Crippen LogP contribution is -2.41. The van der Waals surface area contributed by atoms with Gasteiger partial charge in [-0.15, -0.1) is 0 Å². The van der Waals surface area contributed by atoms with Gasteiger partial charge in [0.05, 0.1) is 5.41 Å². The van der Waals surface area contributed by atoms with E-state index in [0.29, 0.717) is 11.8 Å². The number of rotatable bonds is 1. The standard InChI is InChI=1S/C12H20O3/c1-11(2,3)9-6-8-4-5-12(9,7-8)10(13)15-14/h8-9,14H,4-7H2,1-3H3. The number of carbonyl (C=O) groups is 1. The van der Waals surface area contributed by atoms with E-state index in [0.717, 1.165) is 25.7 Å². The lowest BCUT2D eigenvalue weighted by atomic mass is 9.63. The van der Waals surface area contributed by atoms with E-state index in [1.807, 2.05) is 0 Å². The molecule has 3 nitrogen and oxygen atoms in total. The highest BCUT2D eigenvalue weighted by Gasteiger charge is 2.60. The SMILES string of the molecule is CC(C)(C)C1CC2CCC1(C(=O)OO)C2. The van der Waals surface area contributed by atoms with Gasteiger partial charge in [0.15, 0.2) is 0 Å². The van der Waals surface area contributed by atoms with Gasteiger partial charge in [0, 0.05) is 0 Å². The van der Waals surface area contributed by atoms with Crippen molar-refractivity contribution in [3.8, 4) is 0 Å². The Morgan fingerprint density at radius 3 is 2.60 bits per heavy atom. The fourth-order valence-electron chi connectivity index (χ4n) is 3.86. The predicted octanol–water partition coefficient (Wildman–Crippen LogP) is 2.86. The van der Waals surface area contributed by atoms with Crippen molar-refractivity contribution in [3.63, 3.8) is 0 Å². The van der Waals surface area contributed by atoms with Gasteiger partial charge in [0.25, 0.3) is 0 Å². The zero-order valence-electron chi connectivity index (χ0n) is 9.75. The third kappa shape index (κ3) is 1.48. The normalized spacial score (nSPS) is 39.5. The number of carbonyl (C=O) groups excluding carboxylic acids is 1. The first-order valence-corrected chi connectivity index (χ1v) is 5.76. The fraction of sp³-hybridized carbons (Fsp3) is 0.917. The molecule has 0 aliphatic heterocycles. The van der Waals surface area contributed by atoms with Crippen LogP contribution in [0, 0.1) is 22.7 Å². The Kier molecular flexibility index (Phi) is 2.34. The van der Waals surface area contributed by atoms with E-state index in [1.165, 1.54) is 0 Å². The van der Waals surface area contributed by atoms with E-state index in [4.69, 9.17) is 5.26 Å². The molecular weight excluding hydrogens is 192 g/mol. The summed E-state index contributed by atoms with van der Waals surface area (Å²) in [5.74, 6) is 0.610. The van der Waals surface area contributed by atoms with Crippen LogP contribution in [0.15, 0.2) is 0 Å². The van der Waals surface area contributed by atoms with Crippen LogP contribution in [0.3, 0.4) is 0 Å². The van der Waals surface area contributed by atoms with Crippen LogP contribution in [0.4, 0.5) is 0 Å². The van der Waals surface area contributed by atoms with E-state index < -0.39 is 11.4 Å². The van der Waals surface area contributed by atoms with E-state index in [9.17, 15) is 4.79 Å². The first-order chi connectivity index (χ1) is 6.90. The van der Waals surface area contributed by atoms with E-state index in [2.05, 4.69) is 25.7 Å². The molecule has 0 aromatic heterocycles. The Balaban J connectivity index is 2.31. The zero-order valence-corrected chi connectivity index (χ0v) is 9.75. The minimum atomic E-state index is -0.401. The molecule has 0 aromatic carbocycles. The molecule has 2 fully saturated rings. The van der Waals surface area contributed by atoms with Gasteiger partial charge < -0.3 is 4.89 Å². The maximum Gasteiger partial charge on any atom is 0.348 e. The Morgan fingerprint density at radius 2 is 2.13 bits per heavy atom. The van der Waals surface area contributed by atoms with Crippen LogP contribution in [0.25, 0.3) is 0 Å².